The topological polar surface area (TPSA) is 32.8 Å². The van der Waals surface area contributed by atoms with E-state index in [-0.39, 0.29) is 11.9 Å². The maximum Gasteiger partial charge on any atom is 0.227 e. The molecule has 2 aromatic carbocycles. The van der Waals surface area contributed by atoms with Crippen molar-refractivity contribution in [3.05, 3.63) is 59.2 Å². The predicted octanol–water partition coefficient (Wildman–Crippen LogP) is 4.10. The Morgan fingerprint density at radius 3 is 2.66 bits per heavy atom. The summed E-state index contributed by atoms with van der Waals surface area (Å²) in [6, 6.07) is 15.3. The molecule has 29 heavy (non-hydrogen) atoms. The summed E-state index contributed by atoms with van der Waals surface area (Å²) in [5.74, 6) is 1.59. The van der Waals surface area contributed by atoms with Crippen molar-refractivity contribution in [1.29, 1.82) is 0 Å². The van der Waals surface area contributed by atoms with Crippen LogP contribution in [0.3, 0.4) is 0 Å². The Morgan fingerprint density at radius 1 is 1.10 bits per heavy atom. The lowest BCUT2D eigenvalue weighted by atomic mass is 9.81. The highest BCUT2D eigenvalue weighted by Crippen LogP contribution is 2.35. The van der Waals surface area contributed by atoms with Gasteiger partial charge in [-0.05, 0) is 87.5 Å². The van der Waals surface area contributed by atoms with Crippen LogP contribution in [0.4, 0.5) is 5.69 Å². The van der Waals surface area contributed by atoms with Crippen LogP contribution in [0, 0.1) is 5.92 Å². The van der Waals surface area contributed by atoms with E-state index in [1.54, 1.807) is 7.11 Å². The maximum absolute atomic E-state index is 13.5. The molecular formula is C25H32N2O2. The van der Waals surface area contributed by atoms with Gasteiger partial charge in [0, 0.05) is 24.2 Å². The lowest BCUT2D eigenvalue weighted by Gasteiger charge is -2.44. The number of carbonyl (C=O) groups excluding carboxylic acids is 1. The molecular weight excluding hydrogens is 360 g/mol. The van der Waals surface area contributed by atoms with Crippen LogP contribution in [0.5, 0.6) is 5.75 Å². The highest BCUT2D eigenvalue weighted by atomic mass is 16.5. The number of ether oxygens (including phenoxy) is 1. The molecule has 4 rings (SSSR count). The summed E-state index contributed by atoms with van der Waals surface area (Å²) < 4.78 is 5.36. The summed E-state index contributed by atoms with van der Waals surface area (Å²) in [5, 5.41) is 0. The molecule has 0 aromatic heterocycles. The zero-order valence-electron chi connectivity index (χ0n) is 18.0. The van der Waals surface area contributed by atoms with Crippen LogP contribution in [-0.4, -0.2) is 44.1 Å². The van der Waals surface area contributed by atoms with E-state index in [0.29, 0.717) is 18.4 Å². The number of anilines is 1. The number of amides is 1. The Kier molecular flexibility index (Phi) is 5.64. The van der Waals surface area contributed by atoms with Gasteiger partial charge in [0.15, 0.2) is 0 Å². The molecule has 0 bridgehead atoms. The number of likely N-dealkylation sites (N-methyl/N-ethyl adjacent to an activating group) is 1. The van der Waals surface area contributed by atoms with E-state index >= 15 is 0 Å². The van der Waals surface area contributed by atoms with Gasteiger partial charge in [-0.2, -0.15) is 0 Å². The predicted molar refractivity (Wildman–Crippen MR) is 118 cm³/mol. The van der Waals surface area contributed by atoms with Crippen molar-refractivity contribution in [3.8, 4) is 5.75 Å². The van der Waals surface area contributed by atoms with Gasteiger partial charge >= 0.3 is 0 Å². The van der Waals surface area contributed by atoms with Crippen molar-refractivity contribution in [2.75, 3.05) is 26.1 Å². The van der Waals surface area contributed by atoms with Crippen molar-refractivity contribution >= 4 is 11.6 Å². The Labute approximate surface area is 174 Å². The first-order valence-electron chi connectivity index (χ1n) is 10.7. The number of methoxy groups -OCH3 is 1. The van der Waals surface area contributed by atoms with Gasteiger partial charge in [-0.1, -0.05) is 24.3 Å². The Bertz CT molecular complexity index is 892. The molecule has 3 unspecified atom stereocenters. The molecule has 4 heteroatoms. The standard InChI is InChI=1S/C25H32N2O2/c1-17-24(26(2)3)16-21-7-5-6-8-23(21)27(17)25(28)14-18-9-10-20-15-22(29-4)12-11-19(20)13-18/h5-8,11-12,15,17-18,24H,9-10,13-14,16H2,1-4H3. The van der Waals surface area contributed by atoms with Crippen molar-refractivity contribution in [3.63, 3.8) is 0 Å². The van der Waals surface area contributed by atoms with Gasteiger partial charge in [-0.3, -0.25) is 4.79 Å². The molecule has 1 heterocycles. The van der Waals surface area contributed by atoms with Crippen LogP contribution in [0.1, 0.15) is 36.5 Å². The van der Waals surface area contributed by atoms with Gasteiger partial charge in [0.05, 0.1) is 7.11 Å². The van der Waals surface area contributed by atoms with Gasteiger partial charge < -0.3 is 14.5 Å². The zero-order chi connectivity index (χ0) is 20.5. The largest absolute Gasteiger partial charge is 0.497 e. The second-order valence-electron chi connectivity index (χ2n) is 8.82. The fraction of sp³-hybridized carbons (Fsp3) is 0.480. The van der Waals surface area contributed by atoms with E-state index in [1.165, 1.54) is 16.7 Å². The molecule has 0 saturated carbocycles. The monoisotopic (exact) mass is 392 g/mol. The van der Waals surface area contributed by atoms with Gasteiger partial charge in [0.1, 0.15) is 5.75 Å². The van der Waals surface area contributed by atoms with Gasteiger partial charge in [-0.25, -0.2) is 0 Å². The Hall–Kier alpha value is -2.33. The van der Waals surface area contributed by atoms with E-state index < -0.39 is 0 Å². The van der Waals surface area contributed by atoms with E-state index in [4.69, 9.17) is 4.74 Å². The lowest BCUT2D eigenvalue weighted by Crippen LogP contribution is -2.55. The summed E-state index contributed by atoms with van der Waals surface area (Å²) >= 11 is 0. The normalized spacial score (nSPS) is 23.5. The molecule has 0 N–H and O–H groups in total. The number of hydrogen-bond acceptors (Lipinski definition) is 3. The third-order valence-electron chi connectivity index (χ3n) is 6.78. The fourth-order valence-electron chi connectivity index (χ4n) is 5.13. The first-order valence-corrected chi connectivity index (χ1v) is 10.7. The number of benzene rings is 2. The molecule has 2 aromatic rings. The number of rotatable bonds is 4. The van der Waals surface area contributed by atoms with Crippen molar-refractivity contribution in [1.82, 2.24) is 4.90 Å². The molecule has 0 saturated heterocycles. The van der Waals surface area contributed by atoms with E-state index in [2.05, 4.69) is 61.2 Å². The van der Waals surface area contributed by atoms with E-state index in [1.807, 2.05) is 12.1 Å². The SMILES string of the molecule is COc1ccc2c(c1)CCC(CC(=O)N1c3ccccc3CC(N(C)C)C1C)C2. The van der Waals surface area contributed by atoms with Crippen molar-refractivity contribution in [2.45, 2.75) is 51.1 Å². The summed E-state index contributed by atoms with van der Waals surface area (Å²) in [4.78, 5) is 17.8. The summed E-state index contributed by atoms with van der Waals surface area (Å²) in [6.07, 6.45) is 4.67. The summed E-state index contributed by atoms with van der Waals surface area (Å²) in [6.45, 7) is 2.20. The molecule has 1 amide bonds. The second kappa shape index (κ2) is 8.19. The summed E-state index contributed by atoms with van der Waals surface area (Å²) in [5.41, 5.74) is 5.12. The summed E-state index contributed by atoms with van der Waals surface area (Å²) in [7, 11) is 5.94. The average molecular weight is 393 g/mol. The van der Waals surface area contributed by atoms with Crippen LogP contribution in [0.25, 0.3) is 0 Å². The average Bonchev–Trinajstić information content (AvgIpc) is 2.72. The van der Waals surface area contributed by atoms with Gasteiger partial charge in [-0.15, -0.1) is 0 Å². The smallest absolute Gasteiger partial charge is 0.227 e. The first-order chi connectivity index (χ1) is 14.0. The maximum atomic E-state index is 13.5. The highest BCUT2D eigenvalue weighted by molar-refractivity contribution is 5.95. The lowest BCUT2D eigenvalue weighted by molar-refractivity contribution is -0.120. The second-order valence-corrected chi connectivity index (χ2v) is 8.82. The number of para-hydroxylation sites is 1. The number of aryl methyl sites for hydroxylation is 1. The van der Waals surface area contributed by atoms with Crippen LogP contribution in [-0.2, 0) is 24.1 Å². The molecule has 1 aliphatic heterocycles. The third-order valence-corrected chi connectivity index (χ3v) is 6.78. The van der Waals surface area contributed by atoms with Crippen LogP contribution < -0.4 is 9.64 Å². The zero-order valence-corrected chi connectivity index (χ0v) is 18.0. The quantitative estimate of drug-likeness (QED) is 0.785. The first kappa shape index (κ1) is 20.0. The Balaban J connectivity index is 1.53. The van der Waals surface area contributed by atoms with Gasteiger partial charge in [0.2, 0.25) is 5.91 Å². The van der Waals surface area contributed by atoms with E-state index in [0.717, 1.165) is 37.1 Å². The molecule has 2 aliphatic rings. The van der Waals surface area contributed by atoms with E-state index in [9.17, 15) is 4.79 Å². The molecule has 0 radical (unpaired) electrons. The molecule has 0 fully saturated rings. The third kappa shape index (κ3) is 3.91. The highest BCUT2D eigenvalue weighted by Gasteiger charge is 2.36. The number of nitrogens with zero attached hydrogens (tertiary/aromatic N) is 2. The van der Waals surface area contributed by atoms with Crippen LogP contribution >= 0.6 is 0 Å². The number of hydrogen-bond donors (Lipinski definition) is 0. The molecule has 4 nitrogen and oxygen atoms in total. The van der Waals surface area contributed by atoms with Crippen molar-refractivity contribution in [2.24, 2.45) is 5.92 Å². The fourth-order valence-corrected chi connectivity index (χ4v) is 5.13. The minimum absolute atomic E-state index is 0.174. The molecule has 1 aliphatic carbocycles. The van der Waals surface area contributed by atoms with Crippen LogP contribution in [0.15, 0.2) is 42.5 Å². The molecule has 154 valence electrons. The van der Waals surface area contributed by atoms with Gasteiger partial charge in [0.25, 0.3) is 0 Å². The molecule has 3 atom stereocenters. The van der Waals surface area contributed by atoms with Crippen LogP contribution in [0.2, 0.25) is 0 Å². The Morgan fingerprint density at radius 2 is 1.90 bits per heavy atom. The minimum atomic E-state index is 0.174. The minimum Gasteiger partial charge on any atom is -0.497 e. The van der Waals surface area contributed by atoms with Crippen molar-refractivity contribution < 1.29 is 9.53 Å². The number of carbonyl (C=O) groups is 1. The number of fused-ring (bicyclic) bond motifs is 2. The molecule has 0 spiro atoms.